The van der Waals surface area contributed by atoms with E-state index in [0.717, 1.165) is 5.56 Å². The number of phenolic OH excluding ortho intramolecular Hbond substituents is 2. The summed E-state index contributed by atoms with van der Waals surface area (Å²) in [6.45, 7) is 0. The normalized spacial score (nSPS) is 10.5. The second-order valence-electron chi connectivity index (χ2n) is 4.19. The third-order valence-electron chi connectivity index (χ3n) is 3.01. The van der Waals surface area contributed by atoms with Gasteiger partial charge in [0.25, 0.3) is 0 Å². The Morgan fingerprint density at radius 3 is 2.37 bits per heavy atom. The first kappa shape index (κ1) is 11.3. The molecule has 4 heteroatoms. The van der Waals surface area contributed by atoms with Crippen molar-refractivity contribution in [2.45, 2.75) is 0 Å². The molecule has 0 fully saturated rings. The van der Waals surface area contributed by atoms with Gasteiger partial charge in [0.15, 0.2) is 0 Å². The molecule has 1 heterocycles. The van der Waals surface area contributed by atoms with E-state index in [1.54, 1.807) is 24.4 Å². The van der Waals surface area contributed by atoms with E-state index in [9.17, 15) is 10.2 Å². The van der Waals surface area contributed by atoms with Gasteiger partial charge in [-0.05, 0) is 23.8 Å². The molecule has 3 rings (SSSR count). The molecule has 0 saturated carbocycles. The van der Waals surface area contributed by atoms with Crippen LogP contribution in [-0.4, -0.2) is 20.4 Å². The number of aromatic amines is 1. The fraction of sp³-hybridized carbons (Fsp3) is 0. The van der Waals surface area contributed by atoms with Crippen molar-refractivity contribution in [1.82, 2.24) is 10.2 Å². The van der Waals surface area contributed by atoms with E-state index in [0.29, 0.717) is 16.8 Å². The summed E-state index contributed by atoms with van der Waals surface area (Å²) in [4.78, 5) is 0. The monoisotopic (exact) mass is 252 g/mol. The highest BCUT2D eigenvalue weighted by Crippen LogP contribution is 2.42. The van der Waals surface area contributed by atoms with Crippen molar-refractivity contribution < 1.29 is 10.2 Å². The molecule has 0 saturated heterocycles. The first-order chi connectivity index (χ1) is 9.27. The number of hydrogen-bond acceptors (Lipinski definition) is 3. The number of benzene rings is 2. The van der Waals surface area contributed by atoms with Gasteiger partial charge in [-0.1, -0.05) is 30.3 Å². The van der Waals surface area contributed by atoms with Crippen LogP contribution in [0.3, 0.4) is 0 Å². The standard InChI is InChI=1S/C15H12N2O2/c18-13-7-6-11(10-4-2-1-3-5-10)15(19)14(13)12-8-9-16-17-12/h1-9,18-19H,(H,16,17). The van der Waals surface area contributed by atoms with Crippen molar-refractivity contribution in [3.63, 3.8) is 0 Å². The number of phenols is 2. The van der Waals surface area contributed by atoms with Gasteiger partial charge in [0.2, 0.25) is 0 Å². The van der Waals surface area contributed by atoms with Crippen molar-refractivity contribution >= 4 is 0 Å². The van der Waals surface area contributed by atoms with Crippen LogP contribution in [-0.2, 0) is 0 Å². The van der Waals surface area contributed by atoms with Crippen LogP contribution in [0.5, 0.6) is 11.5 Å². The van der Waals surface area contributed by atoms with E-state index in [4.69, 9.17) is 0 Å². The van der Waals surface area contributed by atoms with Gasteiger partial charge in [-0.25, -0.2) is 0 Å². The van der Waals surface area contributed by atoms with Crippen molar-refractivity contribution in [3.05, 3.63) is 54.7 Å². The molecule has 3 N–H and O–H groups in total. The Bertz CT molecular complexity index is 692. The van der Waals surface area contributed by atoms with Crippen LogP contribution in [0.15, 0.2) is 54.7 Å². The fourth-order valence-corrected chi connectivity index (χ4v) is 2.09. The Balaban J connectivity index is 2.22. The van der Waals surface area contributed by atoms with Crippen LogP contribution in [0.25, 0.3) is 22.4 Å². The van der Waals surface area contributed by atoms with Crippen LogP contribution in [0.2, 0.25) is 0 Å². The first-order valence-electron chi connectivity index (χ1n) is 5.87. The Morgan fingerprint density at radius 2 is 1.68 bits per heavy atom. The van der Waals surface area contributed by atoms with E-state index in [-0.39, 0.29) is 11.5 Å². The van der Waals surface area contributed by atoms with Gasteiger partial charge in [0.05, 0.1) is 11.3 Å². The molecule has 19 heavy (non-hydrogen) atoms. The van der Waals surface area contributed by atoms with E-state index in [2.05, 4.69) is 10.2 Å². The smallest absolute Gasteiger partial charge is 0.136 e. The third kappa shape index (κ3) is 1.93. The summed E-state index contributed by atoms with van der Waals surface area (Å²) < 4.78 is 0. The average molecular weight is 252 g/mol. The third-order valence-corrected chi connectivity index (χ3v) is 3.01. The highest BCUT2D eigenvalue weighted by atomic mass is 16.3. The lowest BCUT2D eigenvalue weighted by Crippen LogP contribution is -1.85. The highest BCUT2D eigenvalue weighted by molar-refractivity contribution is 5.84. The molecule has 0 atom stereocenters. The minimum atomic E-state index is 0.0152. The Hall–Kier alpha value is -2.75. The molecule has 1 aromatic heterocycles. The quantitative estimate of drug-likeness (QED) is 0.656. The van der Waals surface area contributed by atoms with Crippen molar-refractivity contribution in [3.8, 4) is 33.9 Å². The van der Waals surface area contributed by atoms with Gasteiger partial charge in [0.1, 0.15) is 11.5 Å². The lowest BCUT2D eigenvalue weighted by molar-refractivity contribution is 0.455. The van der Waals surface area contributed by atoms with Crippen LogP contribution in [0, 0.1) is 0 Å². The lowest BCUT2D eigenvalue weighted by atomic mass is 9.99. The predicted molar refractivity (Wildman–Crippen MR) is 72.8 cm³/mol. The molecule has 0 spiro atoms. The lowest BCUT2D eigenvalue weighted by Gasteiger charge is -2.10. The Morgan fingerprint density at radius 1 is 0.895 bits per heavy atom. The molecule has 0 radical (unpaired) electrons. The Kier molecular flexibility index (Phi) is 2.68. The van der Waals surface area contributed by atoms with E-state index < -0.39 is 0 Å². The summed E-state index contributed by atoms with van der Waals surface area (Å²) in [7, 11) is 0. The topological polar surface area (TPSA) is 69.1 Å². The number of hydrogen-bond donors (Lipinski definition) is 3. The molecule has 0 aliphatic heterocycles. The predicted octanol–water partition coefficient (Wildman–Crippen LogP) is 3.15. The number of nitrogens with one attached hydrogen (secondary N) is 1. The van der Waals surface area contributed by atoms with Crippen molar-refractivity contribution in [2.75, 3.05) is 0 Å². The van der Waals surface area contributed by atoms with E-state index in [1.165, 1.54) is 0 Å². The molecular weight excluding hydrogens is 240 g/mol. The van der Waals surface area contributed by atoms with E-state index >= 15 is 0 Å². The molecule has 0 aliphatic carbocycles. The largest absolute Gasteiger partial charge is 0.507 e. The number of aromatic nitrogens is 2. The molecule has 94 valence electrons. The van der Waals surface area contributed by atoms with Crippen LogP contribution in [0.4, 0.5) is 0 Å². The molecule has 4 nitrogen and oxygen atoms in total. The Labute approximate surface area is 110 Å². The molecule has 0 aliphatic rings. The molecular formula is C15H12N2O2. The minimum Gasteiger partial charge on any atom is -0.507 e. The van der Waals surface area contributed by atoms with Gasteiger partial charge in [-0.15, -0.1) is 0 Å². The van der Waals surface area contributed by atoms with Gasteiger partial charge < -0.3 is 10.2 Å². The maximum absolute atomic E-state index is 10.4. The number of aromatic hydroxyl groups is 2. The molecule has 2 aromatic carbocycles. The minimum absolute atomic E-state index is 0.0152. The molecule has 0 amide bonds. The van der Waals surface area contributed by atoms with Crippen LogP contribution < -0.4 is 0 Å². The zero-order chi connectivity index (χ0) is 13.2. The van der Waals surface area contributed by atoms with E-state index in [1.807, 2.05) is 30.3 Å². The fourth-order valence-electron chi connectivity index (χ4n) is 2.09. The zero-order valence-corrected chi connectivity index (χ0v) is 10.0. The number of rotatable bonds is 2. The molecule has 0 unspecified atom stereocenters. The summed E-state index contributed by atoms with van der Waals surface area (Å²) >= 11 is 0. The average Bonchev–Trinajstić information content (AvgIpc) is 2.94. The highest BCUT2D eigenvalue weighted by Gasteiger charge is 2.16. The van der Waals surface area contributed by atoms with Crippen LogP contribution >= 0.6 is 0 Å². The SMILES string of the molecule is Oc1ccc(-c2ccccc2)c(O)c1-c1ccn[nH]1. The molecule has 0 bridgehead atoms. The van der Waals surface area contributed by atoms with Gasteiger partial charge in [0, 0.05) is 11.8 Å². The van der Waals surface area contributed by atoms with Crippen molar-refractivity contribution in [1.29, 1.82) is 0 Å². The zero-order valence-electron chi connectivity index (χ0n) is 10.0. The van der Waals surface area contributed by atoms with Crippen molar-refractivity contribution in [2.24, 2.45) is 0 Å². The maximum atomic E-state index is 10.4. The maximum Gasteiger partial charge on any atom is 0.136 e. The summed E-state index contributed by atoms with van der Waals surface area (Å²) in [6, 6.07) is 14.5. The number of nitrogens with zero attached hydrogens (tertiary/aromatic N) is 1. The van der Waals surface area contributed by atoms with Crippen LogP contribution in [0.1, 0.15) is 0 Å². The summed E-state index contributed by atoms with van der Waals surface area (Å²) in [6.07, 6.45) is 1.57. The van der Waals surface area contributed by atoms with Gasteiger partial charge >= 0.3 is 0 Å². The summed E-state index contributed by atoms with van der Waals surface area (Å²) in [5.41, 5.74) is 2.50. The first-order valence-corrected chi connectivity index (χ1v) is 5.87. The van der Waals surface area contributed by atoms with Gasteiger partial charge in [-0.3, -0.25) is 5.10 Å². The second kappa shape index (κ2) is 4.49. The second-order valence-corrected chi connectivity index (χ2v) is 4.19. The number of H-pyrrole nitrogens is 1. The van der Waals surface area contributed by atoms with Gasteiger partial charge in [-0.2, -0.15) is 5.10 Å². The summed E-state index contributed by atoms with van der Waals surface area (Å²) in [5, 5.41) is 26.9. The summed E-state index contributed by atoms with van der Waals surface area (Å²) in [5.74, 6) is 0.0527. The molecule has 3 aromatic rings.